The summed E-state index contributed by atoms with van der Waals surface area (Å²) in [6.07, 6.45) is -0.309. The van der Waals surface area contributed by atoms with Gasteiger partial charge in [0.2, 0.25) is 5.91 Å². The molecule has 118 valence electrons. The Bertz CT molecular complexity index is 680. The summed E-state index contributed by atoms with van der Waals surface area (Å²) in [7, 11) is 0. The molecule has 2 N–H and O–H groups in total. The fourth-order valence-corrected chi connectivity index (χ4v) is 2.00. The van der Waals surface area contributed by atoms with Crippen LogP contribution in [0.3, 0.4) is 0 Å². The highest BCUT2D eigenvalue weighted by Gasteiger charge is 2.27. The average molecular weight is 309 g/mol. The van der Waals surface area contributed by atoms with Gasteiger partial charge in [0, 0.05) is 5.56 Å². The highest BCUT2D eigenvalue weighted by molar-refractivity contribution is 5.78. The summed E-state index contributed by atoms with van der Waals surface area (Å²) in [5.74, 6) is -1.59. The van der Waals surface area contributed by atoms with Crippen LogP contribution in [0.15, 0.2) is 34.7 Å². The van der Waals surface area contributed by atoms with Gasteiger partial charge < -0.3 is 14.8 Å². The molecule has 1 unspecified atom stereocenters. The Morgan fingerprint density at radius 2 is 2.05 bits per heavy atom. The molecule has 1 amide bonds. The monoisotopic (exact) mass is 309 g/mol. The first-order chi connectivity index (χ1) is 10.3. The molecule has 0 radical (unpaired) electrons. The van der Waals surface area contributed by atoms with Gasteiger partial charge in [-0.05, 0) is 32.0 Å². The van der Waals surface area contributed by atoms with Crippen molar-refractivity contribution in [3.8, 4) is 0 Å². The van der Waals surface area contributed by atoms with Crippen molar-refractivity contribution in [2.45, 2.75) is 25.9 Å². The van der Waals surface area contributed by atoms with E-state index in [-0.39, 0.29) is 18.5 Å². The second-order valence-corrected chi connectivity index (χ2v) is 5.35. The number of amides is 1. The van der Waals surface area contributed by atoms with Crippen molar-refractivity contribution in [1.82, 2.24) is 5.32 Å². The van der Waals surface area contributed by atoms with E-state index < -0.39 is 23.1 Å². The number of hydrogen-bond acceptors (Lipinski definition) is 3. The summed E-state index contributed by atoms with van der Waals surface area (Å²) in [6, 6.07) is 6.98. The maximum absolute atomic E-state index is 13.5. The smallest absolute Gasteiger partial charge is 0.224 e. The summed E-state index contributed by atoms with van der Waals surface area (Å²) in [5.41, 5.74) is -1.42. The molecular formula is C16H17F2NO3. The van der Waals surface area contributed by atoms with Gasteiger partial charge in [-0.25, -0.2) is 8.78 Å². The van der Waals surface area contributed by atoms with E-state index in [1.54, 1.807) is 19.1 Å². The first kappa shape index (κ1) is 16.2. The summed E-state index contributed by atoms with van der Waals surface area (Å²) < 4.78 is 31.9. The number of furan rings is 1. The molecule has 1 heterocycles. The molecule has 0 bridgehead atoms. The normalized spacial score (nSPS) is 13.7. The molecule has 1 aromatic heterocycles. The number of hydrogen-bond donors (Lipinski definition) is 2. The molecule has 0 aliphatic heterocycles. The number of rotatable bonds is 5. The molecule has 1 aromatic carbocycles. The highest BCUT2D eigenvalue weighted by atomic mass is 19.2. The third-order valence-corrected chi connectivity index (χ3v) is 3.28. The summed E-state index contributed by atoms with van der Waals surface area (Å²) in [4.78, 5) is 11.8. The van der Waals surface area contributed by atoms with Crippen LogP contribution in [-0.4, -0.2) is 17.6 Å². The van der Waals surface area contributed by atoms with Gasteiger partial charge in [-0.3, -0.25) is 4.79 Å². The number of carbonyl (C=O) groups excluding carboxylic acids is 1. The number of halogens is 2. The van der Waals surface area contributed by atoms with Crippen molar-refractivity contribution in [3.63, 3.8) is 0 Å². The summed E-state index contributed by atoms with van der Waals surface area (Å²) in [5, 5.41) is 12.8. The molecular weight excluding hydrogens is 292 g/mol. The molecule has 1 atom stereocenters. The minimum absolute atomic E-state index is 0.0361. The van der Waals surface area contributed by atoms with E-state index >= 15 is 0 Å². The lowest BCUT2D eigenvalue weighted by atomic mass is 10.0. The van der Waals surface area contributed by atoms with E-state index in [9.17, 15) is 18.7 Å². The molecule has 22 heavy (non-hydrogen) atoms. The minimum Gasteiger partial charge on any atom is -0.463 e. The lowest BCUT2D eigenvalue weighted by Crippen LogP contribution is -2.39. The van der Waals surface area contributed by atoms with Gasteiger partial charge >= 0.3 is 0 Å². The standard InChI is InChI=1S/C16H17F2NO3/c1-10-6-7-13(22-10)16(2,21)9-19-14(20)8-11-4-3-5-12(17)15(11)18/h3-7,21H,8-9H2,1-2H3,(H,19,20). The predicted molar refractivity (Wildman–Crippen MR) is 76.1 cm³/mol. The first-order valence-corrected chi connectivity index (χ1v) is 6.78. The molecule has 0 saturated heterocycles. The van der Waals surface area contributed by atoms with Crippen LogP contribution >= 0.6 is 0 Å². The Balaban J connectivity index is 1.96. The van der Waals surface area contributed by atoms with Gasteiger partial charge in [0.15, 0.2) is 11.6 Å². The van der Waals surface area contributed by atoms with E-state index in [4.69, 9.17) is 4.42 Å². The van der Waals surface area contributed by atoms with Crippen molar-refractivity contribution < 1.29 is 23.1 Å². The number of carbonyl (C=O) groups is 1. The van der Waals surface area contributed by atoms with Crippen LogP contribution in [0.4, 0.5) is 8.78 Å². The van der Waals surface area contributed by atoms with E-state index in [1.165, 1.54) is 19.1 Å². The fourth-order valence-electron chi connectivity index (χ4n) is 2.00. The lowest BCUT2D eigenvalue weighted by Gasteiger charge is -2.21. The lowest BCUT2D eigenvalue weighted by molar-refractivity contribution is -0.121. The zero-order valence-corrected chi connectivity index (χ0v) is 12.3. The van der Waals surface area contributed by atoms with Crippen LogP contribution in [0.1, 0.15) is 24.0 Å². The van der Waals surface area contributed by atoms with E-state index in [0.29, 0.717) is 11.5 Å². The Hall–Kier alpha value is -2.21. The van der Waals surface area contributed by atoms with Crippen LogP contribution < -0.4 is 5.32 Å². The molecule has 2 aromatic rings. The average Bonchev–Trinajstić information content (AvgIpc) is 2.89. The Morgan fingerprint density at radius 3 is 2.68 bits per heavy atom. The van der Waals surface area contributed by atoms with Crippen LogP contribution in [0.2, 0.25) is 0 Å². The quantitative estimate of drug-likeness (QED) is 0.891. The van der Waals surface area contributed by atoms with Gasteiger partial charge in [-0.2, -0.15) is 0 Å². The molecule has 6 heteroatoms. The van der Waals surface area contributed by atoms with E-state index in [1.807, 2.05) is 0 Å². The van der Waals surface area contributed by atoms with Crippen molar-refractivity contribution >= 4 is 5.91 Å². The first-order valence-electron chi connectivity index (χ1n) is 6.78. The zero-order valence-electron chi connectivity index (χ0n) is 12.3. The number of nitrogens with one attached hydrogen (secondary N) is 1. The maximum atomic E-state index is 13.5. The van der Waals surface area contributed by atoms with Gasteiger partial charge in [0.25, 0.3) is 0 Å². The van der Waals surface area contributed by atoms with Crippen LogP contribution in [0.25, 0.3) is 0 Å². The highest BCUT2D eigenvalue weighted by Crippen LogP contribution is 2.22. The van der Waals surface area contributed by atoms with Gasteiger partial charge in [-0.15, -0.1) is 0 Å². The summed E-state index contributed by atoms with van der Waals surface area (Å²) in [6.45, 7) is 3.13. The van der Waals surface area contributed by atoms with Crippen molar-refractivity contribution in [2.75, 3.05) is 6.54 Å². The fraction of sp³-hybridized carbons (Fsp3) is 0.312. The van der Waals surface area contributed by atoms with Crippen LogP contribution in [0.5, 0.6) is 0 Å². The number of benzene rings is 1. The van der Waals surface area contributed by atoms with Gasteiger partial charge in [0.1, 0.15) is 17.1 Å². The molecule has 0 saturated carbocycles. The van der Waals surface area contributed by atoms with Gasteiger partial charge in [-0.1, -0.05) is 12.1 Å². The largest absolute Gasteiger partial charge is 0.463 e. The Morgan fingerprint density at radius 1 is 1.32 bits per heavy atom. The van der Waals surface area contributed by atoms with Crippen molar-refractivity contribution in [3.05, 3.63) is 59.1 Å². The molecule has 0 fully saturated rings. The Labute approximate surface area is 126 Å². The van der Waals surface area contributed by atoms with Gasteiger partial charge in [0.05, 0.1) is 13.0 Å². The minimum atomic E-state index is -1.38. The second-order valence-electron chi connectivity index (χ2n) is 5.35. The van der Waals surface area contributed by atoms with Crippen molar-refractivity contribution in [1.29, 1.82) is 0 Å². The van der Waals surface area contributed by atoms with Crippen LogP contribution in [-0.2, 0) is 16.8 Å². The molecule has 2 rings (SSSR count). The SMILES string of the molecule is Cc1ccc(C(C)(O)CNC(=O)Cc2cccc(F)c2F)o1. The number of aryl methyl sites for hydroxylation is 1. The zero-order chi connectivity index (χ0) is 16.3. The predicted octanol–water partition coefficient (Wildman–Crippen LogP) is 2.43. The summed E-state index contributed by atoms with van der Waals surface area (Å²) >= 11 is 0. The van der Waals surface area contributed by atoms with Crippen molar-refractivity contribution in [2.24, 2.45) is 0 Å². The maximum Gasteiger partial charge on any atom is 0.224 e. The molecule has 0 spiro atoms. The Kier molecular flexibility index (Phi) is 4.61. The van der Waals surface area contributed by atoms with E-state index in [2.05, 4.69) is 5.32 Å². The molecule has 4 nitrogen and oxygen atoms in total. The van der Waals surface area contributed by atoms with Crippen LogP contribution in [0, 0.1) is 18.6 Å². The second kappa shape index (κ2) is 6.27. The molecule has 0 aliphatic carbocycles. The number of aliphatic hydroxyl groups is 1. The topological polar surface area (TPSA) is 62.5 Å². The third-order valence-electron chi connectivity index (χ3n) is 3.28. The molecule has 0 aliphatic rings. The third kappa shape index (κ3) is 3.71. The van der Waals surface area contributed by atoms with E-state index in [0.717, 1.165) is 6.07 Å².